The van der Waals surface area contributed by atoms with Gasteiger partial charge in [-0.05, 0) is 68.9 Å². The topological polar surface area (TPSA) is 117 Å². The molecule has 4 bridgehead atoms. The molecule has 2 saturated carbocycles. The Morgan fingerprint density at radius 2 is 1.63 bits per heavy atom. The zero-order chi connectivity index (χ0) is 26.2. The van der Waals surface area contributed by atoms with Crippen molar-refractivity contribution in [2.24, 2.45) is 17.0 Å². The predicted molar refractivity (Wildman–Crippen MR) is 143 cm³/mol. The molecule has 2 aliphatic carbocycles. The van der Waals surface area contributed by atoms with Crippen molar-refractivity contribution >= 4 is 22.7 Å². The van der Waals surface area contributed by atoms with Crippen LogP contribution < -0.4 is 5.56 Å². The first-order chi connectivity index (χ1) is 18.5. The van der Waals surface area contributed by atoms with E-state index < -0.39 is 17.2 Å². The number of piperidine rings is 1. The molecule has 4 fully saturated rings. The number of rotatable bonds is 7. The van der Waals surface area contributed by atoms with Crippen molar-refractivity contribution in [2.75, 3.05) is 13.2 Å². The molecule has 3 heterocycles. The number of aliphatic hydroxyl groups is 1. The quantitative estimate of drug-likeness (QED) is 0.323. The largest absolute Gasteiger partial charge is 0.476 e. The van der Waals surface area contributed by atoms with E-state index in [2.05, 4.69) is 15.0 Å². The molecule has 2 aliphatic heterocycles. The average Bonchev–Trinajstić information content (AvgIpc) is 3.06. The third kappa shape index (κ3) is 4.75. The highest BCUT2D eigenvalue weighted by Crippen LogP contribution is 2.47. The molecule has 2 saturated heterocycles. The number of aromatic nitrogens is 2. The van der Waals surface area contributed by atoms with Gasteiger partial charge in [0.1, 0.15) is 6.61 Å². The normalized spacial score (nSPS) is 31.8. The van der Waals surface area contributed by atoms with E-state index in [0.29, 0.717) is 23.6 Å². The van der Waals surface area contributed by atoms with Crippen molar-refractivity contribution in [3.63, 3.8) is 0 Å². The Bertz CT molecular complexity index is 1250. The molecule has 204 valence electrons. The van der Waals surface area contributed by atoms with Crippen LogP contribution in [0.15, 0.2) is 34.2 Å². The summed E-state index contributed by atoms with van der Waals surface area (Å²) in [5.41, 5.74) is 0.0839. The molecule has 9 heteroatoms. The molecule has 6 rings (SSSR count). The summed E-state index contributed by atoms with van der Waals surface area (Å²) >= 11 is 0. The van der Waals surface area contributed by atoms with Gasteiger partial charge in [0.15, 0.2) is 5.69 Å². The van der Waals surface area contributed by atoms with E-state index in [1.54, 1.807) is 10.6 Å². The number of aliphatic hydroxyl groups excluding tert-OH is 1. The molecule has 1 aromatic carbocycles. The van der Waals surface area contributed by atoms with Crippen LogP contribution in [-0.2, 0) is 9.63 Å². The number of fused-ring (bicyclic) bond motifs is 5. The molecule has 2 N–H and O–H groups in total. The highest BCUT2D eigenvalue weighted by molar-refractivity contribution is 6.41. The lowest BCUT2D eigenvalue weighted by Crippen LogP contribution is -2.52. The average molecular weight is 523 g/mol. The Labute approximate surface area is 222 Å². The second-order valence-corrected chi connectivity index (χ2v) is 11.8. The number of hydrogen-bond acceptors (Lipinski definition) is 7. The fraction of sp³-hybridized carbons (Fsp3) is 0.655. The zero-order valence-corrected chi connectivity index (χ0v) is 21.9. The number of nitrogens with zero attached hydrogens (tertiary/aromatic N) is 4. The van der Waals surface area contributed by atoms with Crippen LogP contribution in [0, 0.1) is 11.8 Å². The molecule has 38 heavy (non-hydrogen) atoms. The van der Waals surface area contributed by atoms with Crippen molar-refractivity contribution in [3.8, 4) is 0 Å². The van der Waals surface area contributed by atoms with Crippen LogP contribution in [0.5, 0.6) is 0 Å². The third-order valence-electron chi connectivity index (χ3n) is 9.46. The lowest BCUT2D eigenvalue weighted by molar-refractivity contribution is -0.129. The summed E-state index contributed by atoms with van der Waals surface area (Å²) in [6.45, 7) is -0.473. The van der Waals surface area contributed by atoms with E-state index in [1.807, 2.05) is 18.2 Å². The Morgan fingerprint density at radius 3 is 2.29 bits per heavy atom. The van der Waals surface area contributed by atoms with E-state index in [1.165, 1.54) is 44.9 Å². The smallest absolute Gasteiger partial charge is 0.360 e. The van der Waals surface area contributed by atoms with Crippen molar-refractivity contribution < 1.29 is 19.8 Å². The number of para-hydroxylation sites is 2. The van der Waals surface area contributed by atoms with Crippen LogP contribution in [0.4, 0.5) is 0 Å². The maximum atomic E-state index is 13.9. The molecule has 0 amide bonds. The minimum atomic E-state index is -1.39. The number of oxime groups is 1. The van der Waals surface area contributed by atoms with Gasteiger partial charge in [0.25, 0.3) is 5.56 Å². The maximum absolute atomic E-state index is 13.9. The molecular formula is C29H38N4O5. The summed E-state index contributed by atoms with van der Waals surface area (Å²) in [5.74, 6) is 0.354. The van der Waals surface area contributed by atoms with Crippen LogP contribution in [0.3, 0.4) is 0 Å². The van der Waals surface area contributed by atoms with Crippen LogP contribution in [0.1, 0.15) is 82.4 Å². The molecule has 4 atom stereocenters. The van der Waals surface area contributed by atoms with Gasteiger partial charge in [-0.25, -0.2) is 9.78 Å². The van der Waals surface area contributed by atoms with Gasteiger partial charge in [-0.15, -0.1) is 0 Å². The van der Waals surface area contributed by atoms with Gasteiger partial charge >= 0.3 is 5.97 Å². The van der Waals surface area contributed by atoms with Gasteiger partial charge in [0.2, 0.25) is 5.71 Å². The SMILES string of the molecule is O=C(O)C(=NOCCO)c1nc2ccccc2n(C2CC3CCC(C2)N3C2CC3CCCCC(C3)C2)c1=O. The molecule has 4 unspecified atom stereocenters. The second-order valence-electron chi connectivity index (χ2n) is 11.8. The Morgan fingerprint density at radius 1 is 0.947 bits per heavy atom. The standard InChI is InChI=1S/C29H38N4O5/c34-11-12-38-31-27(29(36)37)26-28(35)33(25-8-4-3-7-24(25)30-26)23-16-20-9-10-21(17-23)32(20)22-14-18-5-1-2-6-19(13-18)15-22/h3-4,7-8,18-23,34H,1-2,5-6,9-17H2,(H,36,37). The maximum Gasteiger partial charge on any atom is 0.360 e. The van der Waals surface area contributed by atoms with Crippen molar-refractivity contribution in [2.45, 2.75) is 94.8 Å². The van der Waals surface area contributed by atoms with Gasteiger partial charge in [-0.1, -0.05) is 43.0 Å². The molecule has 9 nitrogen and oxygen atoms in total. The van der Waals surface area contributed by atoms with E-state index in [0.717, 1.165) is 43.0 Å². The van der Waals surface area contributed by atoms with Crippen LogP contribution in [0.2, 0.25) is 0 Å². The van der Waals surface area contributed by atoms with E-state index in [4.69, 9.17) is 9.94 Å². The summed E-state index contributed by atoms with van der Waals surface area (Å²) in [4.78, 5) is 38.1. The lowest BCUT2D eigenvalue weighted by atomic mass is 9.76. The summed E-state index contributed by atoms with van der Waals surface area (Å²) in [6.07, 6.45) is 13.7. The van der Waals surface area contributed by atoms with Crippen molar-refractivity contribution in [3.05, 3.63) is 40.3 Å². The number of carboxylic acids is 1. The molecule has 1 aromatic heterocycles. The molecule has 0 spiro atoms. The molecule has 2 aromatic rings. The van der Waals surface area contributed by atoms with Crippen molar-refractivity contribution in [1.29, 1.82) is 0 Å². The van der Waals surface area contributed by atoms with Gasteiger partial charge < -0.3 is 19.6 Å². The summed E-state index contributed by atoms with van der Waals surface area (Å²) in [7, 11) is 0. The number of hydrogen-bond donors (Lipinski definition) is 2. The van der Waals surface area contributed by atoms with Crippen LogP contribution in [-0.4, -0.2) is 67.7 Å². The lowest BCUT2D eigenvalue weighted by Gasteiger charge is -2.48. The predicted octanol–water partition coefficient (Wildman–Crippen LogP) is 3.72. The van der Waals surface area contributed by atoms with Gasteiger partial charge in [0, 0.05) is 24.2 Å². The minimum absolute atomic E-state index is 0.0258. The van der Waals surface area contributed by atoms with E-state index in [9.17, 15) is 14.7 Å². The second kappa shape index (κ2) is 10.8. The first-order valence-corrected chi connectivity index (χ1v) is 14.4. The Hall–Kier alpha value is -2.78. The molecule has 4 aliphatic rings. The third-order valence-corrected chi connectivity index (χ3v) is 9.46. The summed E-state index contributed by atoms with van der Waals surface area (Å²) < 4.78 is 1.78. The first-order valence-electron chi connectivity index (χ1n) is 14.4. The monoisotopic (exact) mass is 522 g/mol. The van der Waals surface area contributed by atoms with Gasteiger partial charge in [-0.2, -0.15) is 0 Å². The minimum Gasteiger partial charge on any atom is -0.476 e. The number of benzene rings is 1. The number of aliphatic carboxylic acids is 1. The summed E-state index contributed by atoms with van der Waals surface area (Å²) in [6, 6.07) is 8.96. The van der Waals surface area contributed by atoms with Crippen molar-refractivity contribution in [1.82, 2.24) is 14.5 Å². The molecular weight excluding hydrogens is 484 g/mol. The first kappa shape index (κ1) is 25.5. The zero-order valence-electron chi connectivity index (χ0n) is 21.9. The van der Waals surface area contributed by atoms with E-state index >= 15 is 0 Å². The number of carboxylic acid groups (broad SMARTS) is 1. The number of carbonyl (C=O) groups is 1. The van der Waals surface area contributed by atoms with Crippen LogP contribution in [0.25, 0.3) is 11.0 Å². The molecule has 0 radical (unpaired) electrons. The van der Waals surface area contributed by atoms with Gasteiger partial charge in [-0.3, -0.25) is 9.69 Å². The van der Waals surface area contributed by atoms with Crippen LogP contribution >= 0.6 is 0 Å². The highest BCUT2D eigenvalue weighted by Gasteiger charge is 2.47. The fourth-order valence-corrected chi connectivity index (χ4v) is 8.11. The fourth-order valence-electron chi connectivity index (χ4n) is 8.11. The Balaban J connectivity index is 1.33. The summed E-state index contributed by atoms with van der Waals surface area (Å²) in [5, 5.41) is 22.5. The highest BCUT2D eigenvalue weighted by atomic mass is 16.6. The van der Waals surface area contributed by atoms with E-state index in [-0.39, 0.29) is 24.9 Å². The Kier molecular flexibility index (Phi) is 7.22. The van der Waals surface area contributed by atoms with Gasteiger partial charge in [0.05, 0.1) is 17.6 Å².